The van der Waals surface area contributed by atoms with Gasteiger partial charge in [0.25, 0.3) is 0 Å². The third kappa shape index (κ3) is 7.00. The Morgan fingerprint density at radius 3 is 2.61 bits per heavy atom. The molecule has 1 N–H and O–H groups in total. The first kappa shape index (κ1) is 30.7. The first-order valence-corrected chi connectivity index (χ1v) is 17.0. The van der Waals surface area contributed by atoms with Crippen molar-refractivity contribution in [3.05, 3.63) is 110 Å². The molecule has 1 fully saturated rings. The van der Waals surface area contributed by atoms with Crippen molar-refractivity contribution in [1.82, 2.24) is 14.8 Å². The molecule has 1 aliphatic carbocycles. The number of rotatable bonds is 9. The topological polar surface area (TPSA) is 78.3 Å². The van der Waals surface area contributed by atoms with Gasteiger partial charge in [-0.3, -0.25) is 0 Å². The van der Waals surface area contributed by atoms with Crippen LogP contribution in [0, 0.1) is 6.92 Å². The number of benzene rings is 3. The molecule has 2 heterocycles. The molecule has 44 heavy (non-hydrogen) atoms. The molecule has 4 aromatic rings. The zero-order valence-electron chi connectivity index (χ0n) is 24.7. The molecule has 1 aromatic heterocycles. The molecule has 1 unspecified atom stereocenters. The van der Waals surface area contributed by atoms with Crippen molar-refractivity contribution in [1.29, 1.82) is 0 Å². The number of aryl methyl sites for hydroxylation is 1. The van der Waals surface area contributed by atoms with Crippen LogP contribution in [0.25, 0.3) is 0 Å². The number of hydrogen-bond donors (Lipinski definition) is 1. The molecule has 0 bridgehead atoms. The lowest BCUT2D eigenvalue weighted by molar-refractivity contribution is -0.146. The van der Waals surface area contributed by atoms with Crippen LogP contribution >= 0.6 is 39.3 Å². The quantitative estimate of drug-likeness (QED) is 0.138. The fourth-order valence-electron chi connectivity index (χ4n) is 5.61. The monoisotopic (exact) mass is 692 g/mol. The fraction of sp³-hybridized carbons (Fsp3) is 0.324. The molecule has 3 aromatic carbocycles. The number of hydrogen-bond acceptors (Lipinski definition) is 7. The number of anilines is 1. The first-order valence-electron chi connectivity index (χ1n) is 14.8. The van der Waals surface area contributed by atoms with E-state index >= 15 is 0 Å². The Kier molecular flexibility index (Phi) is 9.64. The van der Waals surface area contributed by atoms with Crippen molar-refractivity contribution >= 4 is 51.2 Å². The van der Waals surface area contributed by atoms with E-state index < -0.39 is 6.04 Å². The van der Waals surface area contributed by atoms with Crippen LogP contribution in [0.1, 0.15) is 67.3 Å². The number of carbonyl (C=O) groups is 1. The summed E-state index contributed by atoms with van der Waals surface area (Å²) in [5.74, 6) is 1.47. The summed E-state index contributed by atoms with van der Waals surface area (Å²) in [5, 5.41) is 9.52. The van der Waals surface area contributed by atoms with Gasteiger partial charge in [-0.25, -0.2) is 9.48 Å². The van der Waals surface area contributed by atoms with E-state index in [1.807, 2.05) is 49.4 Å². The predicted octanol–water partition coefficient (Wildman–Crippen LogP) is 9.04. The van der Waals surface area contributed by atoms with E-state index in [9.17, 15) is 4.79 Å². The van der Waals surface area contributed by atoms with E-state index in [1.54, 1.807) is 4.68 Å². The summed E-state index contributed by atoms with van der Waals surface area (Å²) in [6.07, 6.45) is 5.00. The minimum Gasteiger partial charge on any atom is -0.489 e. The van der Waals surface area contributed by atoms with Gasteiger partial charge in [-0.2, -0.15) is 4.98 Å². The average Bonchev–Trinajstić information content (AvgIpc) is 3.43. The van der Waals surface area contributed by atoms with Crippen LogP contribution in [0.4, 0.5) is 5.95 Å². The van der Waals surface area contributed by atoms with E-state index in [-0.39, 0.29) is 12.1 Å². The summed E-state index contributed by atoms with van der Waals surface area (Å²) in [4.78, 5) is 18.8. The molecule has 1 atom stereocenters. The van der Waals surface area contributed by atoms with Gasteiger partial charge in [-0.1, -0.05) is 93.7 Å². The summed E-state index contributed by atoms with van der Waals surface area (Å²) < 4.78 is 15.2. The largest absolute Gasteiger partial charge is 0.489 e. The molecular formula is C34H34BrClN4O3S. The molecule has 1 saturated carbocycles. The Labute approximate surface area is 275 Å². The van der Waals surface area contributed by atoms with Crippen molar-refractivity contribution < 1.29 is 14.3 Å². The summed E-state index contributed by atoms with van der Waals surface area (Å²) in [6, 6.07) is 21.3. The molecule has 10 heteroatoms. The maximum Gasteiger partial charge on any atom is 0.338 e. The molecule has 0 spiro atoms. The number of fused-ring (bicyclic) bond motifs is 1. The number of thioether (sulfide) groups is 1. The summed E-state index contributed by atoms with van der Waals surface area (Å²) >= 11 is 11.6. The van der Waals surface area contributed by atoms with Crippen molar-refractivity contribution in [3.63, 3.8) is 0 Å². The van der Waals surface area contributed by atoms with Crippen LogP contribution in [-0.2, 0) is 21.9 Å². The Balaban J connectivity index is 1.37. The lowest BCUT2D eigenvalue weighted by atomic mass is 9.94. The summed E-state index contributed by atoms with van der Waals surface area (Å²) in [5.41, 5.74) is 5.21. The number of esters is 1. The van der Waals surface area contributed by atoms with Crippen LogP contribution in [0.15, 0.2) is 87.6 Å². The standard InChI is InChI=1S/C34H34BrClN4O3S/c1-21-12-14-23(15-13-21)19-42-29-17-16-25(35)18-27(29)31-30(32(41)43-26-9-4-3-5-10-26)22(2)37-33-38-34(39-40(31)33)44-20-24-8-6-7-11-28(24)36/h6-8,11-18,26,31H,3-5,9-10,19-20H2,1-2H3,(H,37,38,39). The molecule has 2 aliphatic rings. The van der Waals surface area contributed by atoms with Crippen molar-refractivity contribution in [2.45, 2.75) is 75.6 Å². The highest BCUT2D eigenvalue weighted by Gasteiger charge is 2.38. The van der Waals surface area contributed by atoms with Gasteiger partial charge in [-0.05, 0) is 74.9 Å². The van der Waals surface area contributed by atoms with E-state index in [0.29, 0.717) is 45.5 Å². The van der Waals surface area contributed by atoms with Gasteiger partial charge in [0.05, 0.1) is 5.57 Å². The minimum absolute atomic E-state index is 0.0872. The fourth-order valence-corrected chi connectivity index (χ4v) is 7.10. The number of aromatic nitrogens is 3. The number of nitrogens with one attached hydrogen (secondary N) is 1. The number of nitrogens with zero attached hydrogens (tertiary/aromatic N) is 3. The Hall–Kier alpha value is -3.27. The molecule has 1 aliphatic heterocycles. The minimum atomic E-state index is -0.616. The maximum absolute atomic E-state index is 14.0. The normalized spacial score (nSPS) is 16.8. The van der Waals surface area contributed by atoms with E-state index in [2.05, 4.69) is 52.4 Å². The lowest BCUT2D eigenvalue weighted by Crippen LogP contribution is -2.32. The van der Waals surface area contributed by atoms with E-state index in [0.717, 1.165) is 46.8 Å². The second-order valence-electron chi connectivity index (χ2n) is 11.2. The third-order valence-corrected chi connectivity index (χ3v) is 9.72. The smallest absolute Gasteiger partial charge is 0.338 e. The highest BCUT2D eigenvalue weighted by molar-refractivity contribution is 9.10. The van der Waals surface area contributed by atoms with Gasteiger partial charge in [-0.15, -0.1) is 5.10 Å². The van der Waals surface area contributed by atoms with E-state index in [1.165, 1.54) is 23.7 Å². The van der Waals surface area contributed by atoms with Crippen LogP contribution in [0.3, 0.4) is 0 Å². The van der Waals surface area contributed by atoms with Gasteiger partial charge in [0.15, 0.2) is 0 Å². The SMILES string of the molecule is CC1=C(C(=O)OC2CCCCC2)C(c2cc(Br)ccc2OCc2ccc(C)cc2)n2nc(SCc3ccccc3Cl)nc2N1. The van der Waals surface area contributed by atoms with Crippen molar-refractivity contribution in [2.24, 2.45) is 0 Å². The van der Waals surface area contributed by atoms with Crippen molar-refractivity contribution in [2.75, 3.05) is 5.32 Å². The Bertz CT molecular complexity index is 1680. The highest BCUT2D eigenvalue weighted by atomic mass is 79.9. The number of ether oxygens (including phenoxy) is 2. The number of carbonyl (C=O) groups excluding carboxylic acids is 1. The van der Waals surface area contributed by atoms with Gasteiger partial charge in [0.2, 0.25) is 11.1 Å². The number of allylic oxidation sites excluding steroid dienone is 1. The second-order valence-corrected chi connectivity index (χ2v) is 13.5. The molecule has 0 saturated heterocycles. The predicted molar refractivity (Wildman–Crippen MR) is 178 cm³/mol. The molecule has 6 rings (SSSR count). The Morgan fingerprint density at radius 2 is 1.84 bits per heavy atom. The zero-order valence-corrected chi connectivity index (χ0v) is 27.8. The molecule has 228 valence electrons. The highest BCUT2D eigenvalue weighted by Crippen LogP contribution is 2.42. The van der Waals surface area contributed by atoms with Crippen LogP contribution in [0.2, 0.25) is 5.02 Å². The van der Waals surface area contributed by atoms with Crippen LogP contribution in [-0.4, -0.2) is 26.8 Å². The third-order valence-electron chi connectivity index (χ3n) is 7.97. The second kappa shape index (κ2) is 13.8. The molecule has 0 amide bonds. The first-order chi connectivity index (χ1) is 21.4. The number of halogens is 2. The summed E-state index contributed by atoms with van der Waals surface area (Å²) in [6.45, 7) is 4.34. The Morgan fingerprint density at radius 1 is 1.07 bits per heavy atom. The van der Waals surface area contributed by atoms with Gasteiger partial charge < -0.3 is 14.8 Å². The van der Waals surface area contributed by atoms with Crippen molar-refractivity contribution in [3.8, 4) is 5.75 Å². The van der Waals surface area contributed by atoms with Gasteiger partial charge in [0.1, 0.15) is 24.5 Å². The van der Waals surface area contributed by atoms with E-state index in [4.69, 9.17) is 31.2 Å². The molecular weight excluding hydrogens is 660 g/mol. The molecule has 0 radical (unpaired) electrons. The van der Waals surface area contributed by atoms with Gasteiger partial charge in [0, 0.05) is 26.5 Å². The van der Waals surface area contributed by atoms with Gasteiger partial charge >= 0.3 is 5.97 Å². The zero-order chi connectivity index (χ0) is 30.6. The lowest BCUT2D eigenvalue weighted by Gasteiger charge is -2.31. The summed E-state index contributed by atoms with van der Waals surface area (Å²) in [7, 11) is 0. The van der Waals surface area contributed by atoms with Crippen LogP contribution < -0.4 is 10.1 Å². The average molecular weight is 694 g/mol. The van der Waals surface area contributed by atoms with Crippen LogP contribution in [0.5, 0.6) is 5.75 Å². The maximum atomic E-state index is 14.0. The molecule has 7 nitrogen and oxygen atoms in total.